The summed E-state index contributed by atoms with van der Waals surface area (Å²) in [4.78, 5) is 38.1. The smallest absolute Gasteiger partial charge is 0.342 e. The van der Waals surface area contributed by atoms with Gasteiger partial charge in [0.05, 0.1) is 0 Å². The monoisotopic (exact) mass is 267 g/mol. The molecule has 7 nitrogen and oxygen atoms in total. The summed E-state index contributed by atoms with van der Waals surface area (Å²) in [7, 11) is 2.05. The van der Waals surface area contributed by atoms with E-state index in [1.165, 1.54) is 4.57 Å². The molecule has 0 spiro atoms. The highest BCUT2D eigenvalue weighted by molar-refractivity contribution is 5.86. The van der Waals surface area contributed by atoms with Gasteiger partial charge >= 0.3 is 11.7 Å². The Balaban J connectivity index is 2.21. The minimum atomic E-state index is -1.32. The van der Waals surface area contributed by atoms with E-state index in [2.05, 4.69) is 4.90 Å². The fourth-order valence-corrected chi connectivity index (χ4v) is 2.32. The Hall–Kier alpha value is -1.89. The third-order valence-corrected chi connectivity index (χ3v) is 3.53. The van der Waals surface area contributed by atoms with Gasteiger partial charge in [-0.15, -0.1) is 0 Å². The van der Waals surface area contributed by atoms with E-state index < -0.39 is 22.8 Å². The average molecular weight is 267 g/mol. The molecule has 0 radical (unpaired) electrons. The highest BCUT2D eigenvalue weighted by Crippen LogP contribution is 2.17. The third-order valence-electron chi connectivity index (χ3n) is 3.53. The maximum atomic E-state index is 11.7. The maximum Gasteiger partial charge on any atom is 0.342 e. The van der Waals surface area contributed by atoms with Gasteiger partial charge in [-0.3, -0.25) is 14.3 Å². The number of rotatable bonds is 3. The van der Waals surface area contributed by atoms with Crippen LogP contribution in [-0.2, 0) is 6.54 Å². The summed E-state index contributed by atoms with van der Waals surface area (Å²) in [5.41, 5.74) is -1.79. The number of H-pyrrole nitrogens is 1. The molecule has 1 aromatic heterocycles. The van der Waals surface area contributed by atoms with E-state index in [9.17, 15) is 14.4 Å². The van der Waals surface area contributed by atoms with Crippen LogP contribution in [0.1, 0.15) is 23.2 Å². The number of aromatic carboxylic acids is 1. The summed E-state index contributed by atoms with van der Waals surface area (Å²) >= 11 is 0. The van der Waals surface area contributed by atoms with Crippen molar-refractivity contribution in [3.05, 3.63) is 32.6 Å². The second-order valence-corrected chi connectivity index (χ2v) is 5.01. The number of hydrogen-bond donors (Lipinski definition) is 2. The molecule has 0 saturated carbocycles. The summed E-state index contributed by atoms with van der Waals surface area (Å²) in [6.45, 7) is 2.38. The quantitative estimate of drug-likeness (QED) is 0.775. The summed E-state index contributed by atoms with van der Waals surface area (Å²) in [5.74, 6) is -0.986. The van der Waals surface area contributed by atoms with Crippen molar-refractivity contribution >= 4 is 5.97 Å². The molecule has 104 valence electrons. The number of aromatic amines is 1. The molecule has 1 fully saturated rings. The molecule has 0 atom stereocenters. The standard InChI is InChI=1S/C12H17N3O4/c1-14-4-2-8(3-5-14)6-15-7-9(11(17)18)10(16)13-12(15)19/h7-8H,2-6H2,1H3,(H,17,18)(H,13,16,19). The van der Waals surface area contributed by atoms with Gasteiger partial charge in [-0.25, -0.2) is 9.59 Å². The average Bonchev–Trinajstić information content (AvgIpc) is 2.34. The van der Waals surface area contributed by atoms with Gasteiger partial charge in [0.1, 0.15) is 5.56 Å². The second-order valence-electron chi connectivity index (χ2n) is 5.01. The number of carboxylic acids is 1. The molecular formula is C12H17N3O4. The Kier molecular flexibility index (Phi) is 3.84. The number of carboxylic acid groups (broad SMARTS) is 1. The number of hydrogen-bond acceptors (Lipinski definition) is 4. The van der Waals surface area contributed by atoms with Gasteiger partial charge in [0.25, 0.3) is 5.56 Å². The van der Waals surface area contributed by atoms with Gasteiger partial charge in [0.2, 0.25) is 0 Å². The largest absolute Gasteiger partial charge is 0.477 e. The lowest BCUT2D eigenvalue weighted by Crippen LogP contribution is -2.37. The van der Waals surface area contributed by atoms with E-state index in [4.69, 9.17) is 5.11 Å². The van der Waals surface area contributed by atoms with Crippen molar-refractivity contribution < 1.29 is 9.90 Å². The highest BCUT2D eigenvalue weighted by atomic mass is 16.4. The van der Waals surface area contributed by atoms with Crippen molar-refractivity contribution in [3.63, 3.8) is 0 Å². The summed E-state index contributed by atoms with van der Waals surface area (Å²) < 4.78 is 1.29. The fraction of sp³-hybridized carbons (Fsp3) is 0.583. The minimum absolute atomic E-state index is 0.335. The molecule has 0 aromatic carbocycles. The normalized spacial score (nSPS) is 17.5. The van der Waals surface area contributed by atoms with Crippen LogP contribution in [0.2, 0.25) is 0 Å². The Morgan fingerprint density at radius 1 is 1.42 bits per heavy atom. The number of nitrogens with zero attached hydrogens (tertiary/aromatic N) is 2. The van der Waals surface area contributed by atoms with Crippen LogP contribution < -0.4 is 11.2 Å². The van der Waals surface area contributed by atoms with Crippen LogP contribution in [0.25, 0.3) is 0 Å². The zero-order chi connectivity index (χ0) is 14.0. The van der Waals surface area contributed by atoms with Crippen LogP contribution in [0.4, 0.5) is 0 Å². The van der Waals surface area contributed by atoms with Crippen LogP contribution >= 0.6 is 0 Å². The number of nitrogens with one attached hydrogen (secondary N) is 1. The Morgan fingerprint density at radius 3 is 2.63 bits per heavy atom. The van der Waals surface area contributed by atoms with Crippen molar-refractivity contribution in [2.24, 2.45) is 5.92 Å². The lowest BCUT2D eigenvalue weighted by Gasteiger charge is -2.29. The zero-order valence-electron chi connectivity index (χ0n) is 10.8. The van der Waals surface area contributed by atoms with E-state index in [0.29, 0.717) is 12.5 Å². The van der Waals surface area contributed by atoms with Gasteiger partial charge in [0.15, 0.2) is 0 Å². The number of piperidine rings is 1. The van der Waals surface area contributed by atoms with Crippen LogP contribution in [0.3, 0.4) is 0 Å². The molecule has 2 heterocycles. The minimum Gasteiger partial charge on any atom is -0.477 e. The first-order chi connectivity index (χ1) is 8.97. The third kappa shape index (κ3) is 3.11. The molecule has 1 aromatic rings. The van der Waals surface area contributed by atoms with Gasteiger partial charge in [-0.1, -0.05) is 0 Å². The lowest BCUT2D eigenvalue weighted by molar-refractivity contribution is 0.0693. The molecule has 2 rings (SSSR count). The topological polar surface area (TPSA) is 95.4 Å². The maximum absolute atomic E-state index is 11.7. The van der Waals surface area contributed by atoms with E-state index in [1.807, 2.05) is 12.0 Å². The van der Waals surface area contributed by atoms with Crippen LogP contribution in [0.15, 0.2) is 15.8 Å². The van der Waals surface area contributed by atoms with E-state index >= 15 is 0 Å². The fourth-order valence-electron chi connectivity index (χ4n) is 2.32. The second kappa shape index (κ2) is 5.40. The molecule has 0 aliphatic carbocycles. The van der Waals surface area contributed by atoms with Gasteiger partial charge < -0.3 is 10.0 Å². The van der Waals surface area contributed by atoms with Gasteiger partial charge in [-0.2, -0.15) is 0 Å². The van der Waals surface area contributed by atoms with Crippen molar-refractivity contribution in [1.29, 1.82) is 0 Å². The number of carbonyl (C=O) groups is 1. The molecule has 1 aliphatic heterocycles. The molecule has 0 bridgehead atoms. The number of aromatic nitrogens is 2. The molecule has 0 amide bonds. The Bertz CT molecular complexity index is 581. The van der Waals surface area contributed by atoms with Crippen molar-refractivity contribution in [3.8, 4) is 0 Å². The first kappa shape index (κ1) is 13.5. The molecule has 19 heavy (non-hydrogen) atoms. The van der Waals surface area contributed by atoms with Crippen LogP contribution in [0, 0.1) is 5.92 Å². The van der Waals surface area contributed by atoms with E-state index in [1.54, 1.807) is 0 Å². The number of likely N-dealkylation sites (tertiary alicyclic amines) is 1. The molecule has 0 unspecified atom stereocenters. The molecule has 1 saturated heterocycles. The van der Waals surface area contributed by atoms with Gasteiger partial charge in [0, 0.05) is 12.7 Å². The van der Waals surface area contributed by atoms with Gasteiger partial charge in [-0.05, 0) is 38.9 Å². The molecule has 1 aliphatic rings. The van der Waals surface area contributed by atoms with Crippen molar-refractivity contribution in [2.45, 2.75) is 19.4 Å². The molecule has 7 heteroatoms. The van der Waals surface area contributed by atoms with Crippen LogP contribution in [0.5, 0.6) is 0 Å². The predicted octanol–water partition coefficient (Wildman–Crippen LogP) is -0.423. The van der Waals surface area contributed by atoms with E-state index in [0.717, 1.165) is 32.1 Å². The summed E-state index contributed by atoms with van der Waals surface area (Å²) in [6, 6.07) is 0. The Labute approximate surface area is 109 Å². The first-order valence-corrected chi connectivity index (χ1v) is 6.23. The van der Waals surface area contributed by atoms with Crippen molar-refractivity contribution in [2.75, 3.05) is 20.1 Å². The predicted molar refractivity (Wildman–Crippen MR) is 68.5 cm³/mol. The molecular weight excluding hydrogens is 250 g/mol. The summed E-state index contributed by atoms with van der Waals surface area (Å²) in [5, 5.41) is 8.88. The lowest BCUT2D eigenvalue weighted by atomic mass is 9.97. The van der Waals surface area contributed by atoms with Crippen molar-refractivity contribution in [1.82, 2.24) is 14.5 Å². The van der Waals surface area contributed by atoms with Crippen LogP contribution in [-0.4, -0.2) is 45.7 Å². The Morgan fingerprint density at radius 2 is 2.05 bits per heavy atom. The first-order valence-electron chi connectivity index (χ1n) is 6.23. The highest BCUT2D eigenvalue weighted by Gasteiger charge is 2.19. The van der Waals surface area contributed by atoms with E-state index in [-0.39, 0.29) is 0 Å². The molecule has 2 N–H and O–H groups in total. The zero-order valence-corrected chi connectivity index (χ0v) is 10.8. The SMILES string of the molecule is CN1CCC(Cn2cc(C(=O)O)c(=O)[nH]c2=O)CC1. The summed E-state index contributed by atoms with van der Waals surface area (Å²) in [6.07, 6.45) is 3.07.